The molecule has 2 aromatic rings. The minimum atomic E-state index is -0.412. The molecule has 0 bridgehead atoms. The number of halogens is 1. The average Bonchev–Trinajstić information content (AvgIpc) is 2.98. The van der Waals surface area contributed by atoms with E-state index in [4.69, 9.17) is 4.74 Å². The van der Waals surface area contributed by atoms with E-state index in [-0.39, 0.29) is 11.7 Å². The number of rotatable bonds is 5. The fraction of sp³-hybridized carbons (Fsp3) is 0.267. The Labute approximate surface area is 121 Å². The third-order valence-corrected chi connectivity index (χ3v) is 3.85. The predicted octanol–water partition coefficient (Wildman–Crippen LogP) is 3.56. The largest absolute Gasteiger partial charge is 0.494 e. The molecule has 0 aliphatic carbocycles. The predicted molar refractivity (Wildman–Crippen MR) is 77.7 cm³/mol. The SMILES string of the molecule is CCN(Cc1ccc(OC)c(F)c1)C(=O)c1cccs1. The van der Waals surface area contributed by atoms with Crippen molar-refractivity contribution in [3.05, 3.63) is 52.0 Å². The van der Waals surface area contributed by atoms with Crippen molar-refractivity contribution in [2.24, 2.45) is 0 Å². The van der Waals surface area contributed by atoms with Gasteiger partial charge in [0, 0.05) is 13.1 Å². The van der Waals surface area contributed by atoms with Gasteiger partial charge in [-0.05, 0) is 36.1 Å². The summed E-state index contributed by atoms with van der Waals surface area (Å²) >= 11 is 1.41. The second-order valence-electron chi connectivity index (χ2n) is 4.27. The van der Waals surface area contributed by atoms with E-state index in [2.05, 4.69) is 0 Å². The van der Waals surface area contributed by atoms with E-state index in [1.54, 1.807) is 23.1 Å². The summed E-state index contributed by atoms with van der Waals surface area (Å²) < 4.78 is 18.5. The number of amides is 1. The Morgan fingerprint density at radius 3 is 2.75 bits per heavy atom. The molecule has 1 heterocycles. The molecule has 0 spiro atoms. The van der Waals surface area contributed by atoms with Crippen LogP contribution in [-0.4, -0.2) is 24.5 Å². The van der Waals surface area contributed by atoms with Gasteiger partial charge in [-0.2, -0.15) is 0 Å². The topological polar surface area (TPSA) is 29.5 Å². The lowest BCUT2D eigenvalue weighted by Gasteiger charge is -2.20. The van der Waals surface area contributed by atoms with Crippen molar-refractivity contribution >= 4 is 17.2 Å². The van der Waals surface area contributed by atoms with Crippen molar-refractivity contribution in [2.45, 2.75) is 13.5 Å². The summed E-state index contributed by atoms with van der Waals surface area (Å²) in [5.74, 6) is -0.232. The minimum absolute atomic E-state index is 0.0290. The number of hydrogen-bond donors (Lipinski definition) is 0. The van der Waals surface area contributed by atoms with E-state index >= 15 is 0 Å². The molecule has 0 fully saturated rings. The van der Waals surface area contributed by atoms with Crippen LogP contribution < -0.4 is 4.74 Å². The molecular formula is C15H16FNO2S. The second-order valence-corrected chi connectivity index (χ2v) is 5.21. The van der Waals surface area contributed by atoms with Gasteiger partial charge in [0.15, 0.2) is 11.6 Å². The van der Waals surface area contributed by atoms with Crippen molar-refractivity contribution in [2.75, 3.05) is 13.7 Å². The Hall–Kier alpha value is -1.88. The number of methoxy groups -OCH3 is 1. The van der Waals surface area contributed by atoms with Gasteiger partial charge in [-0.3, -0.25) is 4.79 Å². The molecule has 1 aromatic carbocycles. The maximum absolute atomic E-state index is 13.7. The zero-order valence-electron chi connectivity index (χ0n) is 11.4. The van der Waals surface area contributed by atoms with Crippen LogP contribution >= 0.6 is 11.3 Å². The summed E-state index contributed by atoms with van der Waals surface area (Å²) in [5, 5.41) is 1.87. The normalized spacial score (nSPS) is 10.3. The smallest absolute Gasteiger partial charge is 0.264 e. The molecule has 0 unspecified atom stereocenters. The van der Waals surface area contributed by atoms with Gasteiger partial charge in [-0.15, -0.1) is 11.3 Å². The fourth-order valence-electron chi connectivity index (χ4n) is 1.91. The second kappa shape index (κ2) is 6.52. The van der Waals surface area contributed by atoms with Crippen molar-refractivity contribution < 1.29 is 13.9 Å². The van der Waals surface area contributed by atoms with Crippen LogP contribution in [0.5, 0.6) is 5.75 Å². The van der Waals surface area contributed by atoms with Gasteiger partial charge in [-0.25, -0.2) is 4.39 Å². The van der Waals surface area contributed by atoms with Crippen LogP contribution in [0.3, 0.4) is 0 Å². The first kappa shape index (κ1) is 14.5. The molecule has 0 N–H and O–H groups in total. The number of hydrogen-bond acceptors (Lipinski definition) is 3. The van der Waals surface area contributed by atoms with Crippen LogP contribution in [-0.2, 0) is 6.54 Å². The number of carbonyl (C=O) groups excluding carboxylic acids is 1. The molecule has 20 heavy (non-hydrogen) atoms. The van der Waals surface area contributed by atoms with Gasteiger partial charge in [0.05, 0.1) is 12.0 Å². The molecule has 2 rings (SSSR count). The number of ether oxygens (including phenoxy) is 1. The Morgan fingerprint density at radius 1 is 1.40 bits per heavy atom. The van der Waals surface area contributed by atoms with E-state index < -0.39 is 5.82 Å². The molecule has 1 amide bonds. The first-order valence-electron chi connectivity index (χ1n) is 6.31. The number of carbonyl (C=O) groups is 1. The summed E-state index contributed by atoms with van der Waals surface area (Å²) in [6.45, 7) is 2.86. The molecule has 106 valence electrons. The first-order chi connectivity index (χ1) is 9.65. The third kappa shape index (κ3) is 3.17. The zero-order valence-corrected chi connectivity index (χ0v) is 12.2. The molecule has 5 heteroatoms. The molecule has 0 atom stereocenters. The van der Waals surface area contributed by atoms with Crippen molar-refractivity contribution in [1.29, 1.82) is 0 Å². The van der Waals surface area contributed by atoms with Gasteiger partial charge in [-0.1, -0.05) is 12.1 Å². The highest BCUT2D eigenvalue weighted by molar-refractivity contribution is 7.12. The van der Waals surface area contributed by atoms with Gasteiger partial charge in [0.2, 0.25) is 0 Å². The van der Waals surface area contributed by atoms with E-state index in [0.717, 1.165) is 5.56 Å². The van der Waals surface area contributed by atoms with Crippen molar-refractivity contribution in [3.63, 3.8) is 0 Å². The van der Waals surface area contributed by atoms with Crippen LogP contribution in [0.15, 0.2) is 35.7 Å². The van der Waals surface area contributed by atoms with Crippen LogP contribution in [0.25, 0.3) is 0 Å². The van der Waals surface area contributed by atoms with Gasteiger partial charge in [0.25, 0.3) is 5.91 Å². The van der Waals surface area contributed by atoms with Gasteiger partial charge < -0.3 is 9.64 Å². The summed E-state index contributed by atoms with van der Waals surface area (Å²) in [6, 6.07) is 8.40. The Balaban J connectivity index is 2.14. The average molecular weight is 293 g/mol. The summed E-state index contributed by atoms with van der Waals surface area (Å²) in [6.07, 6.45) is 0. The lowest BCUT2D eigenvalue weighted by Crippen LogP contribution is -2.29. The quantitative estimate of drug-likeness (QED) is 0.843. The lowest BCUT2D eigenvalue weighted by molar-refractivity contribution is 0.0757. The number of nitrogens with zero attached hydrogens (tertiary/aromatic N) is 1. The highest BCUT2D eigenvalue weighted by atomic mass is 32.1. The molecule has 0 aliphatic heterocycles. The Morgan fingerprint density at radius 2 is 2.20 bits per heavy atom. The molecule has 3 nitrogen and oxygen atoms in total. The Bertz CT molecular complexity index is 584. The first-order valence-corrected chi connectivity index (χ1v) is 7.19. The van der Waals surface area contributed by atoms with Crippen LogP contribution in [0.1, 0.15) is 22.2 Å². The van der Waals surface area contributed by atoms with E-state index in [1.165, 1.54) is 24.5 Å². The molecule has 0 aliphatic rings. The minimum Gasteiger partial charge on any atom is -0.494 e. The zero-order chi connectivity index (χ0) is 14.5. The summed E-state index contributed by atoms with van der Waals surface area (Å²) in [7, 11) is 1.43. The molecular weight excluding hydrogens is 277 g/mol. The highest BCUT2D eigenvalue weighted by Crippen LogP contribution is 2.20. The van der Waals surface area contributed by atoms with Gasteiger partial charge >= 0.3 is 0 Å². The van der Waals surface area contributed by atoms with E-state index in [9.17, 15) is 9.18 Å². The van der Waals surface area contributed by atoms with Gasteiger partial charge in [0.1, 0.15) is 0 Å². The fourth-order valence-corrected chi connectivity index (χ4v) is 2.60. The van der Waals surface area contributed by atoms with E-state index in [1.807, 2.05) is 18.4 Å². The van der Waals surface area contributed by atoms with Crippen LogP contribution in [0.2, 0.25) is 0 Å². The lowest BCUT2D eigenvalue weighted by atomic mass is 10.2. The highest BCUT2D eigenvalue weighted by Gasteiger charge is 2.16. The van der Waals surface area contributed by atoms with Crippen molar-refractivity contribution in [1.82, 2.24) is 4.90 Å². The maximum Gasteiger partial charge on any atom is 0.264 e. The third-order valence-electron chi connectivity index (χ3n) is 2.99. The maximum atomic E-state index is 13.7. The van der Waals surface area contributed by atoms with Crippen LogP contribution in [0, 0.1) is 5.82 Å². The molecule has 1 aromatic heterocycles. The number of benzene rings is 1. The monoisotopic (exact) mass is 293 g/mol. The molecule has 0 saturated heterocycles. The van der Waals surface area contributed by atoms with E-state index in [0.29, 0.717) is 18.0 Å². The summed E-state index contributed by atoms with van der Waals surface area (Å²) in [4.78, 5) is 14.7. The standard InChI is InChI=1S/C15H16FNO2S/c1-3-17(15(18)14-5-4-8-20-14)10-11-6-7-13(19-2)12(16)9-11/h4-9H,3,10H2,1-2H3. The Kier molecular flexibility index (Phi) is 4.74. The summed E-state index contributed by atoms with van der Waals surface area (Å²) in [5.41, 5.74) is 0.745. The number of thiophene rings is 1. The molecule has 0 saturated carbocycles. The van der Waals surface area contributed by atoms with Crippen molar-refractivity contribution in [3.8, 4) is 5.75 Å². The molecule has 0 radical (unpaired) electrons. The van der Waals surface area contributed by atoms with Crippen LogP contribution in [0.4, 0.5) is 4.39 Å².